The van der Waals surface area contributed by atoms with Crippen LogP contribution in [0.5, 0.6) is 0 Å². The van der Waals surface area contributed by atoms with Gasteiger partial charge in [0.1, 0.15) is 0 Å². The summed E-state index contributed by atoms with van der Waals surface area (Å²) >= 11 is 5.85. The average molecular weight is 320 g/mol. The van der Waals surface area contributed by atoms with Crippen molar-refractivity contribution < 1.29 is 9.53 Å². The van der Waals surface area contributed by atoms with Gasteiger partial charge in [0.05, 0.1) is 17.9 Å². The molecule has 116 valence electrons. The third-order valence-electron chi connectivity index (χ3n) is 3.08. The lowest BCUT2D eigenvalue weighted by Crippen LogP contribution is -2.12. The topological polar surface area (TPSA) is 64.1 Å². The molecule has 2 rings (SSSR count). The number of esters is 1. The molecule has 0 saturated carbocycles. The summed E-state index contributed by atoms with van der Waals surface area (Å²) in [5.41, 5.74) is 2.17. The van der Waals surface area contributed by atoms with E-state index in [0.717, 1.165) is 11.4 Å². The number of ether oxygens (including phenoxy) is 1. The molecular formula is C16H18ClN3O2. The normalized spacial score (nSPS) is 10.3. The predicted octanol–water partition coefficient (Wildman–Crippen LogP) is 3.27. The second kappa shape index (κ2) is 7.75. The van der Waals surface area contributed by atoms with Gasteiger partial charge in [-0.1, -0.05) is 23.7 Å². The summed E-state index contributed by atoms with van der Waals surface area (Å²) in [4.78, 5) is 20.1. The van der Waals surface area contributed by atoms with E-state index in [1.54, 1.807) is 13.8 Å². The highest BCUT2D eigenvalue weighted by atomic mass is 35.5. The SMILES string of the molecule is CCOC(=O)c1cnc(NCCc2ccc(Cl)cc2)nc1C. The molecule has 0 aliphatic heterocycles. The van der Waals surface area contributed by atoms with Gasteiger partial charge in [0.25, 0.3) is 0 Å². The number of anilines is 1. The van der Waals surface area contributed by atoms with Crippen LogP contribution in [0.1, 0.15) is 28.5 Å². The van der Waals surface area contributed by atoms with Gasteiger partial charge in [-0.05, 0) is 38.0 Å². The Morgan fingerprint density at radius 2 is 2.05 bits per heavy atom. The molecular weight excluding hydrogens is 302 g/mol. The molecule has 22 heavy (non-hydrogen) atoms. The predicted molar refractivity (Wildman–Crippen MR) is 86.4 cm³/mol. The van der Waals surface area contributed by atoms with Crippen LogP contribution in [-0.2, 0) is 11.2 Å². The minimum atomic E-state index is -0.396. The third-order valence-corrected chi connectivity index (χ3v) is 3.34. The second-order valence-electron chi connectivity index (χ2n) is 4.72. The monoisotopic (exact) mass is 319 g/mol. The van der Waals surface area contributed by atoms with Gasteiger partial charge in [0.15, 0.2) is 0 Å². The maximum atomic E-state index is 11.7. The van der Waals surface area contributed by atoms with E-state index in [1.807, 2.05) is 24.3 Å². The molecule has 5 nitrogen and oxygen atoms in total. The number of aryl methyl sites for hydroxylation is 1. The molecule has 0 amide bonds. The number of benzene rings is 1. The van der Waals surface area contributed by atoms with Crippen molar-refractivity contribution in [3.05, 3.63) is 52.3 Å². The Hall–Kier alpha value is -2.14. The van der Waals surface area contributed by atoms with Crippen LogP contribution in [-0.4, -0.2) is 29.1 Å². The second-order valence-corrected chi connectivity index (χ2v) is 5.15. The Morgan fingerprint density at radius 1 is 1.32 bits per heavy atom. The zero-order chi connectivity index (χ0) is 15.9. The van der Waals surface area contributed by atoms with Crippen LogP contribution in [0.2, 0.25) is 5.02 Å². The van der Waals surface area contributed by atoms with Crippen molar-refractivity contribution in [1.29, 1.82) is 0 Å². The van der Waals surface area contributed by atoms with Crippen molar-refractivity contribution in [2.24, 2.45) is 0 Å². The summed E-state index contributed by atoms with van der Waals surface area (Å²) in [6.45, 7) is 4.55. The fourth-order valence-corrected chi connectivity index (χ4v) is 2.06. The molecule has 0 aliphatic carbocycles. The summed E-state index contributed by atoms with van der Waals surface area (Å²) in [7, 11) is 0. The van der Waals surface area contributed by atoms with Gasteiger partial charge in [0.2, 0.25) is 5.95 Å². The molecule has 0 saturated heterocycles. The minimum absolute atomic E-state index is 0.333. The molecule has 0 bridgehead atoms. The van der Waals surface area contributed by atoms with E-state index in [1.165, 1.54) is 11.8 Å². The first-order valence-corrected chi connectivity index (χ1v) is 7.47. The Kier molecular flexibility index (Phi) is 5.72. The fraction of sp³-hybridized carbons (Fsp3) is 0.312. The van der Waals surface area contributed by atoms with Gasteiger partial charge < -0.3 is 10.1 Å². The third kappa shape index (κ3) is 4.43. The highest BCUT2D eigenvalue weighted by Crippen LogP contribution is 2.11. The van der Waals surface area contributed by atoms with E-state index in [-0.39, 0.29) is 0 Å². The largest absolute Gasteiger partial charge is 0.462 e. The number of hydrogen-bond acceptors (Lipinski definition) is 5. The molecule has 0 atom stereocenters. The molecule has 0 aliphatic rings. The summed E-state index contributed by atoms with van der Waals surface area (Å²) in [6, 6.07) is 7.71. The molecule has 1 N–H and O–H groups in total. The van der Waals surface area contributed by atoms with Gasteiger partial charge in [-0.25, -0.2) is 14.8 Å². The smallest absolute Gasteiger partial charge is 0.341 e. The van der Waals surface area contributed by atoms with Gasteiger partial charge in [-0.2, -0.15) is 0 Å². The maximum absolute atomic E-state index is 11.7. The average Bonchev–Trinajstić information content (AvgIpc) is 2.49. The number of halogens is 1. The van der Waals surface area contributed by atoms with E-state index in [2.05, 4.69) is 15.3 Å². The lowest BCUT2D eigenvalue weighted by Gasteiger charge is -2.08. The zero-order valence-electron chi connectivity index (χ0n) is 12.6. The highest BCUT2D eigenvalue weighted by Gasteiger charge is 2.12. The van der Waals surface area contributed by atoms with Gasteiger partial charge >= 0.3 is 5.97 Å². The van der Waals surface area contributed by atoms with Crippen LogP contribution in [0.3, 0.4) is 0 Å². The lowest BCUT2D eigenvalue weighted by atomic mass is 10.1. The lowest BCUT2D eigenvalue weighted by molar-refractivity contribution is 0.0524. The maximum Gasteiger partial charge on any atom is 0.341 e. The number of carbonyl (C=O) groups is 1. The van der Waals surface area contributed by atoms with E-state index in [9.17, 15) is 4.79 Å². The van der Waals surface area contributed by atoms with E-state index in [0.29, 0.717) is 30.4 Å². The number of carbonyl (C=O) groups excluding carboxylic acids is 1. The molecule has 0 unspecified atom stereocenters. The fourth-order valence-electron chi connectivity index (χ4n) is 1.93. The summed E-state index contributed by atoms with van der Waals surface area (Å²) < 4.78 is 4.95. The van der Waals surface area contributed by atoms with E-state index >= 15 is 0 Å². The van der Waals surface area contributed by atoms with Gasteiger partial charge in [-0.15, -0.1) is 0 Å². The van der Waals surface area contributed by atoms with Gasteiger partial charge in [-0.3, -0.25) is 0 Å². The van der Waals surface area contributed by atoms with Crippen LogP contribution >= 0.6 is 11.6 Å². The Bertz CT molecular complexity index is 644. The first-order valence-electron chi connectivity index (χ1n) is 7.09. The van der Waals surface area contributed by atoms with E-state index < -0.39 is 5.97 Å². The number of hydrogen-bond donors (Lipinski definition) is 1. The molecule has 6 heteroatoms. The van der Waals surface area contributed by atoms with E-state index in [4.69, 9.17) is 16.3 Å². The minimum Gasteiger partial charge on any atom is -0.462 e. The molecule has 1 aromatic carbocycles. The summed E-state index contributed by atoms with van der Waals surface area (Å²) in [6.07, 6.45) is 2.32. The van der Waals surface area contributed by atoms with Gasteiger partial charge in [0, 0.05) is 17.8 Å². The summed E-state index contributed by atoms with van der Waals surface area (Å²) in [5.74, 6) is 0.104. The summed E-state index contributed by atoms with van der Waals surface area (Å²) in [5, 5.41) is 3.87. The Labute approximate surface area is 134 Å². The van der Waals surface area contributed by atoms with Crippen molar-refractivity contribution >= 4 is 23.5 Å². The van der Waals surface area contributed by atoms with Crippen LogP contribution in [0, 0.1) is 6.92 Å². The molecule has 2 aromatic rings. The number of rotatable bonds is 6. The number of nitrogens with one attached hydrogen (secondary N) is 1. The van der Waals surface area contributed by atoms with Crippen LogP contribution in [0.25, 0.3) is 0 Å². The molecule has 0 spiro atoms. The molecule has 0 fully saturated rings. The zero-order valence-corrected chi connectivity index (χ0v) is 13.4. The number of nitrogens with zero attached hydrogens (tertiary/aromatic N) is 2. The van der Waals surface area contributed by atoms with Crippen molar-refractivity contribution in [2.45, 2.75) is 20.3 Å². The molecule has 1 heterocycles. The standard InChI is InChI=1S/C16H18ClN3O2/c1-3-22-15(21)14-10-19-16(20-11(14)2)18-9-8-12-4-6-13(17)7-5-12/h4-7,10H,3,8-9H2,1-2H3,(H,18,19,20). The van der Waals surface area contributed by atoms with Crippen molar-refractivity contribution in [3.8, 4) is 0 Å². The van der Waals surface area contributed by atoms with Crippen LogP contribution < -0.4 is 5.32 Å². The van der Waals surface area contributed by atoms with Crippen LogP contribution in [0.15, 0.2) is 30.5 Å². The molecule has 1 aromatic heterocycles. The molecule has 0 radical (unpaired) electrons. The van der Waals surface area contributed by atoms with Crippen molar-refractivity contribution in [1.82, 2.24) is 9.97 Å². The highest BCUT2D eigenvalue weighted by molar-refractivity contribution is 6.30. The van der Waals surface area contributed by atoms with Crippen LogP contribution in [0.4, 0.5) is 5.95 Å². The first kappa shape index (κ1) is 16.2. The Morgan fingerprint density at radius 3 is 2.68 bits per heavy atom. The Balaban J connectivity index is 1.92. The number of aromatic nitrogens is 2. The van der Waals surface area contributed by atoms with Crippen molar-refractivity contribution in [2.75, 3.05) is 18.5 Å². The quantitative estimate of drug-likeness (QED) is 0.828. The first-order chi connectivity index (χ1) is 10.6. The van der Waals surface area contributed by atoms with Crippen molar-refractivity contribution in [3.63, 3.8) is 0 Å².